The molecule has 0 fully saturated rings. The highest BCUT2D eigenvalue weighted by atomic mass is 14.3. The van der Waals surface area contributed by atoms with Gasteiger partial charge in [-0.25, -0.2) is 0 Å². The zero-order valence-corrected chi connectivity index (χ0v) is 12.1. The minimum Gasteiger partial charge on any atom is -0.0632 e. The van der Waals surface area contributed by atoms with E-state index < -0.39 is 0 Å². The van der Waals surface area contributed by atoms with Crippen LogP contribution in [-0.2, 0) is 0 Å². The van der Waals surface area contributed by atoms with E-state index in [2.05, 4.69) is 48.5 Å². The normalized spacial score (nSPS) is 21.9. The summed E-state index contributed by atoms with van der Waals surface area (Å²) in [5.74, 6) is 2.24. The highest BCUT2D eigenvalue weighted by Gasteiger charge is 2.26. The predicted molar refractivity (Wildman–Crippen MR) is 73.5 cm³/mol. The molecule has 0 aromatic carbocycles. The van der Waals surface area contributed by atoms with Crippen molar-refractivity contribution in [1.29, 1.82) is 0 Å². The van der Waals surface area contributed by atoms with E-state index in [0.717, 1.165) is 11.8 Å². The Labute approximate surface area is 102 Å². The topological polar surface area (TPSA) is 0 Å². The molecule has 92 valence electrons. The van der Waals surface area contributed by atoms with Crippen LogP contribution in [-0.4, -0.2) is 0 Å². The van der Waals surface area contributed by atoms with Crippen LogP contribution in [0, 0.1) is 17.8 Å². The van der Waals surface area contributed by atoms with Crippen LogP contribution in [0.25, 0.3) is 0 Å². The molecule has 0 saturated carbocycles. The van der Waals surface area contributed by atoms with Gasteiger partial charge in [0.25, 0.3) is 0 Å². The van der Waals surface area contributed by atoms with Crippen LogP contribution in [0.5, 0.6) is 0 Å². The van der Waals surface area contributed by atoms with Crippen molar-refractivity contribution >= 4 is 0 Å². The van der Waals surface area contributed by atoms with Crippen LogP contribution in [0.1, 0.15) is 61.3 Å². The van der Waals surface area contributed by atoms with Crippen LogP contribution in [0.3, 0.4) is 0 Å². The van der Waals surface area contributed by atoms with E-state index in [4.69, 9.17) is 0 Å². The van der Waals surface area contributed by atoms with Gasteiger partial charge in [-0.1, -0.05) is 45.8 Å². The molecule has 16 heavy (non-hydrogen) atoms. The maximum Gasteiger partial charge on any atom is -0.00124 e. The third-order valence-corrected chi connectivity index (χ3v) is 3.84. The lowest BCUT2D eigenvalue weighted by Gasteiger charge is -2.17. The van der Waals surface area contributed by atoms with E-state index in [1.807, 2.05) is 0 Å². The first kappa shape index (κ1) is 13.5. The van der Waals surface area contributed by atoms with Gasteiger partial charge in [0.1, 0.15) is 0 Å². The third-order valence-electron chi connectivity index (χ3n) is 3.84. The van der Waals surface area contributed by atoms with Crippen molar-refractivity contribution < 1.29 is 0 Å². The Hall–Kier alpha value is -0.520. The molecule has 0 radical (unpaired) electrons. The highest BCUT2D eigenvalue weighted by molar-refractivity contribution is 5.47. The summed E-state index contributed by atoms with van der Waals surface area (Å²) in [6.45, 7) is 16.3. The van der Waals surface area contributed by atoms with Crippen LogP contribution in [0.15, 0.2) is 22.3 Å². The molecule has 0 spiro atoms. The Morgan fingerprint density at radius 1 is 0.938 bits per heavy atom. The maximum absolute atomic E-state index is 2.38. The lowest BCUT2D eigenvalue weighted by atomic mass is 9.88. The van der Waals surface area contributed by atoms with Crippen LogP contribution in [0.2, 0.25) is 0 Å². The first-order valence-corrected chi connectivity index (χ1v) is 6.74. The first-order chi connectivity index (χ1) is 7.34. The van der Waals surface area contributed by atoms with E-state index in [-0.39, 0.29) is 0 Å². The van der Waals surface area contributed by atoms with E-state index >= 15 is 0 Å². The van der Waals surface area contributed by atoms with Crippen molar-refractivity contribution in [2.75, 3.05) is 0 Å². The summed E-state index contributed by atoms with van der Waals surface area (Å²) in [4.78, 5) is 0. The minimum atomic E-state index is 0.691. The molecular weight excluding hydrogens is 192 g/mol. The second kappa shape index (κ2) is 5.21. The van der Waals surface area contributed by atoms with Gasteiger partial charge in [-0.3, -0.25) is 0 Å². The predicted octanol–water partition coefficient (Wildman–Crippen LogP) is 5.36. The molecule has 0 bridgehead atoms. The first-order valence-electron chi connectivity index (χ1n) is 6.74. The van der Waals surface area contributed by atoms with Gasteiger partial charge in [0.2, 0.25) is 0 Å². The van der Waals surface area contributed by atoms with Gasteiger partial charge >= 0.3 is 0 Å². The summed E-state index contributed by atoms with van der Waals surface area (Å²) in [5, 5.41) is 0. The van der Waals surface area contributed by atoms with Crippen LogP contribution >= 0.6 is 0 Å². The average molecular weight is 220 g/mol. The lowest BCUT2D eigenvalue weighted by molar-refractivity contribution is 0.585. The highest BCUT2D eigenvalue weighted by Crippen LogP contribution is 2.42. The number of hydrogen-bond donors (Lipinski definition) is 0. The molecule has 0 amide bonds. The third kappa shape index (κ3) is 2.78. The number of hydrogen-bond acceptors (Lipinski definition) is 0. The van der Waals surface area contributed by atoms with E-state index in [1.54, 1.807) is 22.3 Å². The van der Waals surface area contributed by atoms with Crippen molar-refractivity contribution in [3.63, 3.8) is 0 Å². The lowest BCUT2D eigenvalue weighted by Crippen LogP contribution is -2.03. The summed E-state index contributed by atoms with van der Waals surface area (Å²) in [7, 11) is 0. The summed E-state index contributed by atoms with van der Waals surface area (Å²) in [6.07, 6.45) is 2.54. The Balaban J connectivity index is 3.01. The molecule has 0 heteroatoms. The SMILES string of the molecule is CC1=C(C)C(C)C(CC(C)C)=C1CC(C)C. The molecule has 0 aliphatic heterocycles. The molecule has 1 aliphatic rings. The largest absolute Gasteiger partial charge is 0.0632 e. The standard InChI is InChI=1S/C16H28/c1-10(2)8-15-13(6)12(5)14(7)16(15)9-11(3)4/h10-11,13H,8-9H2,1-7H3. The molecule has 0 saturated heterocycles. The fourth-order valence-corrected chi connectivity index (χ4v) is 2.76. The molecule has 1 atom stereocenters. The van der Waals surface area contributed by atoms with E-state index in [0.29, 0.717) is 5.92 Å². The molecule has 1 rings (SSSR count). The molecule has 1 unspecified atom stereocenters. The Morgan fingerprint density at radius 2 is 1.44 bits per heavy atom. The van der Waals surface area contributed by atoms with E-state index in [1.165, 1.54) is 12.8 Å². The molecule has 0 aromatic rings. The monoisotopic (exact) mass is 220 g/mol. The van der Waals surface area contributed by atoms with Gasteiger partial charge in [0.05, 0.1) is 0 Å². The van der Waals surface area contributed by atoms with Gasteiger partial charge in [-0.05, 0) is 55.6 Å². The fourth-order valence-electron chi connectivity index (χ4n) is 2.76. The zero-order chi connectivity index (χ0) is 12.5. The van der Waals surface area contributed by atoms with Crippen molar-refractivity contribution in [1.82, 2.24) is 0 Å². The second-order valence-electron chi connectivity index (χ2n) is 6.23. The molecule has 0 aromatic heterocycles. The maximum atomic E-state index is 2.38. The van der Waals surface area contributed by atoms with Crippen LogP contribution in [0.4, 0.5) is 0 Å². The average Bonchev–Trinajstić information content (AvgIpc) is 2.34. The zero-order valence-electron chi connectivity index (χ0n) is 12.1. The molecule has 1 aliphatic carbocycles. The summed E-state index contributed by atoms with van der Waals surface area (Å²) >= 11 is 0. The molecule has 0 nitrogen and oxygen atoms in total. The summed E-state index contributed by atoms with van der Waals surface area (Å²) in [5.41, 5.74) is 6.58. The van der Waals surface area contributed by atoms with Crippen molar-refractivity contribution in [3.8, 4) is 0 Å². The van der Waals surface area contributed by atoms with Gasteiger partial charge in [0, 0.05) is 0 Å². The molecular formula is C16H28. The molecule has 0 N–H and O–H groups in total. The fraction of sp³-hybridized carbons (Fsp3) is 0.750. The Morgan fingerprint density at radius 3 is 1.88 bits per heavy atom. The van der Waals surface area contributed by atoms with Gasteiger partial charge < -0.3 is 0 Å². The molecule has 0 heterocycles. The van der Waals surface area contributed by atoms with E-state index in [9.17, 15) is 0 Å². The van der Waals surface area contributed by atoms with Crippen molar-refractivity contribution in [2.24, 2.45) is 17.8 Å². The van der Waals surface area contributed by atoms with Gasteiger partial charge in [0.15, 0.2) is 0 Å². The number of allylic oxidation sites excluding steroid dienone is 4. The smallest absolute Gasteiger partial charge is 0.00124 e. The Bertz CT molecular complexity index is 313. The quantitative estimate of drug-likeness (QED) is 0.598. The summed E-state index contributed by atoms with van der Waals surface area (Å²) in [6, 6.07) is 0. The van der Waals surface area contributed by atoms with Crippen molar-refractivity contribution in [2.45, 2.75) is 61.3 Å². The van der Waals surface area contributed by atoms with Crippen molar-refractivity contribution in [3.05, 3.63) is 22.3 Å². The summed E-state index contributed by atoms with van der Waals surface area (Å²) < 4.78 is 0. The van der Waals surface area contributed by atoms with Crippen LogP contribution < -0.4 is 0 Å². The number of rotatable bonds is 4. The second-order valence-corrected chi connectivity index (χ2v) is 6.23. The Kier molecular flexibility index (Phi) is 4.41. The minimum absolute atomic E-state index is 0.691. The van der Waals surface area contributed by atoms with Gasteiger partial charge in [-0.15, -0.1) is 0 Å². The van der Waals surface area contributed by atoms with Gasteiger partial charge in [-0.2, -0.15) is 0 Å².